The number of aldehydes is 1. The summed E-state index contributed by atoms with van der Waals surface area (Å²) < 4.78 is 0. The van der Waals surface area contributed by atoms with Crippen LogP contribution in [0, 0.1) is 0 Å². The van der Waals surface area contributed by atoms with Crippen molar-refractivity contribution in [2.75, 3.05) is 37.6 Å². The highest BCUT2D eigenvalue weighted by Gasteiger charge is 2.18. The van der Waals surface area contributed by atoms with Crippen molar-refractivity contribution in [2.24, 2.45) is 5.73 Å². The summed E-state index contributed by atoms with van der Waals surface area (Å²) in [5.74, 6) is 0. The van der Waals surface area contributed by atoms with Gasteiger partial charge in [0.25, 0.3) is 0 Å². The van der Waals surface area contributed by atoms with Crippen molar-refractivity contribution in [3.63, 3.8) is 0 Å². The second-order valence-corrected chi connectivity index (χ2v) is 4.42. The van der Waals surface area contributed by atoms with E-state index in [0.717, 1.165) is 32.5 Å². The van der Waals surface area contributed by atoms with Crippen LogP contribution in [0.1, 0.15) is 0 Å². The number of nitrogens with two attached hydrogens (primary N) is 1. The van der Waals surface area contributed by atoms with Crippen LogP contribution in [0.3, 0.4) is 0 Å². The molecule has 0 aliphatic carbocycles. The van der Waals surface area contributed by atoms with Crippen molar-refractivity contribution in [3.8, 4) is 0 Å². The Morgan fingerprint density at radius 1 is 1.11 bits per heavy atom. The normalized spacial score (nSPS) is 17.0. The molecule has 4 nitrogen and oxygen atoms in total. The fourth-order valence-corrected chi connectivity index (χ4v) is 2.17. The third-order valence-electron chi connectivity index (χ3n) is 3.14. The molecular weight excluding hydrogens is 285 g/mol. The molecule has 0 spiro atoms. The summed E-state index contributed by atoms with van der Waals surface area (Å²) in [4.78, 5) is 15.1. The molecule has 1 heterocycles. The van der Waals surface area contributed by atoms with Gasteiger partial charge in [-0.25, -0.2) is 0 Å². The zero-order chi connectivity index (χ0) is 12.1. The highest BCUT2D eigenvalue weighted by Crippen LogP contribution is 2.15. The standard InChI is InChI=1S/C13H19N3O.2ClH/c14-12(11-17)10-15-6-8-16(9-7-15)13-4-2-1-3-5-13;;/h1-5,11-12H,6-10,14H2;2*1H/t12-;;/m0../s1. The number of rotatable bonds is 4. The smallest absolute Gasteiger partial charge is 0.137 e. The Balaban J connectivity index is 0.00000162. The van der Waals surface area contributed by atoms with Crippen LogP contribution in [0.2, 0.25) is 0 Å². The molecule has 1 aromatic rings. The Morgan fingerprint density at radius 2 is 1.68 bits per heavy atom. The van der Waals surface area contributed by atoms with Gasteiger partial charge in [0.2, 0.25) is 0 Å². The van der Waals surface area contributed by atoms with E-state index in [1.165, 1.54) is 5.69 Å². The van der Waals surface area contributed by atoms with Crippen LogP contribution < -0.4 is 10.6 Å². The second-order valence-electron chi connectivity index (χ2n) is 4.42. The van der Waals surface area contributed by atoms with E-state index in [9.17, 15) is 4.79 Å². The average Bonchev–Trinajstić information content (AvgIpc) is 2.40. The maximum absolute atomic E-state index is 10.5. The van der Waals surface area contributed by atoms with E-state index < -0.39 is 0 Å². The van der Waals surface area contributed by atoms with E-state index in [2.05, 4.69) is 34.1 Å². The van der Waals surface area contributed by atoms with Gasteiger partial charge in [-0.3, -0.25) is 4.90 Å². The summed E-state index contributed by atoms with van der Waals surface area (Å²) in [6.07, 6.45) is 0.823. The predicted octanol–water partition coefficient (Wildman–Crippen LogP) is 1.18. The third kappa shape index (κ3) is 5.37. The number of hydrogen-bond acceptors (Lipinski definition) is 4. The van der Waals surface area contributed by atoms with Crippen LogP contribution in [0.5, 0.6) is 0 Å². The van der Waals surface area contributed by atoms with Crippen molar-refractivity contribution in [1.82, 2.24) is 4.90 Å². The number of anilines is 1. The number of carbonyl (C=O) groups is 1. The lowest BCUT2D eigenvalue weighted by Crippen LogP contribution is -2.50. The molecule has 1 aliphatic rings. The molecule has 1 aliphatic heterocycles. The van der Waals surface area contributed by atoms with Crippen molar-refractivity contribution in [3.05, 3.63) is 30.3 Å². The molecule has 2 N–H and O–H groups in total. The highest BCUT2D eigenvalue weighted by molar-refractivity contribution is 5.85. The van der Waals surface area contributed by atoms with E-state index >= 15 is 0 Å². The zero-order valence-electron chi connectivity index (χ0n) is 10.8. The van der Waals surface area contributed by atoms with Gasteiger partial charge < -0.3 is 15.4 Å². The largest absolute Gasteiger partial charge is 0.369 e. The van der Waals surface area contributed by atoms with Gasteiger partial charge in [-0.1, -0.05) is 18.2 Å². The van der Waals surface area contributed by atoms with E-state index in [0.29, 0.717) is 6.54 Å². The average molecular weight is 306 g/mol. The summed E-state index contributed by atoms with van der Waals surface area (Å²) in [5, 5.41) is 0. The minimum atomic E-state index is -0.349. The quantitative estimate of drug-likeness (QED) is 0.849. The van der Waals surface area contributed by atoms with Crippen molar-refractivity contribution >= 4 is 36.8 Å². The highest BCUT2D eigenvalue weighted by atomic mass is 35.5. The molecule has 0 amide bonds. The van der Waals surface area contributed by atoms with Gasteiger partial charge in [-0.15, -0.1) is 24.8 Å². The Morgan fingerprint density at radius 3 is 2.21 bits per heavy atom. The van der Waals surface area contributed by atoms with E-state index in [1.807, 2.05) is 6.07 Å². The maximum Gasteiger partial charge on any atom is 0.137 e. The summed E-state index contributed by atoms with van der Waals surface area (Å²) in [7, 11) is 0. The fraction of sp³-hybridized carbons (Fsp3) is 0.462. The first-order chi connectivity index (χ1) is 8.29. The van der Waals surface area contributed by atoms with Gasteiger partial charge in [0, 0.05) is 38.4 Å². The first-order valence-electron chi connectivity index (χ1n) is 6.03. The molecule has 1 fully saturated rings. The first kappa shape index (κ1) is 18.2. The Labute approximate surface area is 126 Å². The zero-order valence-corrected chi connectivity index (χ0v) is 12.4. The van der Waals surface area contributed by atoms with E-state index in [-0.39, 0.29) is 30.9 Å². The van der Waals surface area contributed by atoms with Crippen LogP contribution >= 0.6 is 24.8 Å². The van der Waals surface area contributed by atoms with Crippen molar-refractivity contribution < 1.29 is 4.79 Å². The molecule has 19 heavy (non-hydrogen) atoms. The minimum absolute atomic E-state index is 0. The number of carbonyl (C=O) groups excluding carboxylic acids is 1. The summed E-state index contributed by atoms with van der Waals surface area (Å²) in [6.45, 7) is 4.60. The molecule has 108 valence electrons. The van der Waals surface area contributed by atoms with Gasteiger partial charge in [0.1, 0.15) is 6.29 Å². The molecule has 1 saturated heterocycles. The SMILES string of the molecule is Cl.Cl.N[C@H](C=O)CN1CCN(c2ccccc2)CC1. The van der Waals surface area contributed by atoms with Crippen LogP contribution in [0.15, 0.2) is 30.3 Å². The number of halogens is 2. The Bertz CT molecular complexity index is 356. The number of hydrogen-bond donors (Lipinski definition) is 1. The van der Waals surface area contributed by atoms with Gasteiger partial charge in [0.05, 0.1) is 6.04 Å². The molecule has 2 rings (SSSR count). The third-order valence-corrected chi connectivity index (χ3v) is 3.14. The van der Waals surface area contributed by atoms with Crippen molar-refractivity contribution in [2.45, 2.75) is 6.04 Å². The maximum atomic E-state index is 10.5. The molecule has 0 saturated carbocycles. The van der Waals surface area contributed by atoms with Crippen molar-refractivity contribution in [1.29, 1.82) is 0 Å². The second kappa shape index (κ2) is 9.15. The number of piperazine rings is 1. The van der Waals surface area contributed by atoms with E-state index in [1.54, 1.807) is 0 Å². The van der Waals surface area contributed by atoms with Crippen LogP contribution in [-0.2, 0) is 4.79 Å². The molecule has 1 aromatic carbocycles. The van der Waals surface area contributed by atoms with Gasteiger partial charge in [-0.2, -0.15) is 0 Å². The molecule has 0 radical (unpaired) electrons. The lowest BCUT2D eigenvalue weighted by Gasteiger charge is -2.36. The summed E-state index contributed by atoms with van der Waals surface area (Å²) in [5.41, 5.74) is 6.90. The topological polar surface area (TPSA) is 49.6 Å². The number of nitrogens with zero attached hydrogens (tertiary/aromatic N) is 2. The van der Waals surface area contributed by atoms with Crippen LogP contribution in [0.4, 0.5) is 5.69 Å². The van der Waals surface area contributed by atoms with Crippen LogP contribution in [-0.4, -0.2) is 50.0 Å². The van der Waals surface area contributed by atoms with Gasteiger partial charge in [-0.05, 0) is 12.1 Å². The lowest BCUT2D eigenvalue weighted by atomic mass is 10.2. The molecular formula is C13H21Cl2N3O. The monoisotopic (exact) mass is 305 g/mol. The van der Waals surface area contributed by atoms with Gasteiger partial charge >= 0.3 is 0 Å². The molecule has 6 heteroatoms. The molecule has 0 aromatic heterocycles. The Hall–Kier alpha value is -0.810. The number of para-hydroxylation sites is 1. The van der Waals surface area contributed by atoms with Gasteiger partial charge in [0.15, 0.2) is 0 Å². The summed E-state index contributed by atoms with van der Waals surface area (Å²) >= 11 is 0. The number of benzene rings is 1. The minimum Gasteiger partial charge on any atom is -0.369 e. The molecule has 0 unspecified atom stereocenters. The molecule has 0 bridgehead atoms. The summed E-state index contributed by atoms with van der Waals surface area (Å²) in [6, 6.07) is 10.1. The molecule has 1 atom stereocenters. The van der Waals surface area contributed by atoms with E-state index in [4.69, 9.17) is 5.73 Å². The predicted molar refractivity (Wildman–Crippen MR) is 83.6 cm³/mol. The lowest BCUT2D eigenvalue weighted by molar-refractivity contribution is -0.109. The van der Waals surface area contributed by atoms with Crippen LogP contribution in [0.25, 0.3) is 0 Å². The first-order valence-corrected chi connectivity index (χ1v) is 6.03. The fourth-order valence-electron chi connectivity index (χ4n) is 2.17. The Kier molecular flexibility index (Phi) is 8.76.